The van der Waals surface area contributed by atoms with E-state index in [1.165, 1.54) is 10.5 Å². The first-order chi connectivity index (χ1) is 12.0. The van der Waals surface area contributed by atoms with Gasteiger partial charge >= 0.3 is 0 Å². The molecule has 3 nitrogen and oxygen atoms in total. The van der Waals surface area contributed by atoms with Gasteiger partial charge in [0, 0.05) is 21.1 Å². The van der Waals surface area contributed by atoms with Crippen LogP contribution in [0.2, 0.25) is 0 Å². The largest absolute Gasteiger partial charge is 0.371 e. The third-order valence-corrected chi connectivity index (χ3v) is 4.86. The summed E-state index contributed by atoms with van der Waals surface area (Å²) < 4.78 is 5.78. The highest BCUT2D eigenvalue weighted by molar-refractivity contribution is 8.03. The van der Waals surface area contributed by atoms with Crippen LogP contribution in [-0.2, 0) is 16.1 Å². The number of carbonyl (C=O) groups excluding carboxylic acids is 1. The Hall–Kier alpha value is -1.75. The second-order valence-corrected chi connectivity index (χ2v) is 7.23. The molecule has 0 bridgehead atoms. The van der Waals surface area contributed by atoms with Crippen LogP contribution in [0.25, 0.3) is 0 Å². The molecule has 0 heterocycles. The molecular formula is C20H22ClNO2S. The predicted octanol–water partition coefficient (Wildman–Crippen LogP) is 5.30. The SMILES string of the molecule is C=C(COCc1ccc(C)cc1NC(=O)CCl)Sc1ccccc1C. The van der Waals surface area contributed by atoms with Crippen LogP contribution in [0, 0.1) is 13.8 Å². The maximum Gasteiger partial charge on any atom is 0.239 e. The molecule has 1 N–H and O–H groups in total. The number of carbonyl (C=O) groups is 1. The molecule has 0 aliphatic rings. The lowest BCUT2D eigenvalue weighted by Crippen LogP contribution is -2.14. The van der Waals surface area contributed by atoms with E-state index in [2.05, 4.69) is 31.0 Å². The van der Waals surface area contributed by atoms with E-state index < -0.39 is 0 Å². The maximum atomic E-state index is 11.6. The van der Waals surface area contributed by atoms with Gasteiger partial charge in [-0.3, -0.25) is 4.79 Å². The van der Waals surface area contributed by atoms with Gasteiger partial charge in [-0.05, 0) is 37.1 Å². The van der Waals surface area contributed by atoms with Gasteiger partial charge in [0.2, 0.25) is 5.91 Å². The lowest BCUT2D eigenvalue weighted by Gasteiger charge is -2.13. The molecular weight excluding hydrogens is 354 g/mol. The summed E-state index contributed by atoms with van der Waals surface area (Å²) in [4.78, 5) is 13.7. The molecule has 25 heavy (non-hydrogen) atoms. The van der Waals surface area contributed by atoms with Crippen LogP contribution in [0.5, 0.6) is 0 Å². The number of nitrogens with one attached hydrogen (secondary N) is 1. The molecule has 1 amide bonds. The van der Waals surface area contributed by atoms with Crippen LogP contribution < -0.4 is 5.32 Å². The van der Waals surface area contributed by atoms with Gasteiger partial charge in [0.15, 0.2) is 0 Å². The predicted molar refractivity (Wildman–Crippen MR) is 106 cm³/mol. The maximum absolute atomic E-state index is 11.6. The first-order valence-corrected chi connectivity index (χ1v) is 9.29. The van der Waals surface area contributed by atoms with Crippen molar-refractivity contribution in [1.82, 2.24) is 0 Å². The van der Waals surface area contributed by atoms with Gasteiger partial charge < -0.3 is 10.1 Å². The van der Waals surface area contributed by atoms with Crippen molar-refractivity contribution in [3.63, 3.8) is 0 Å². The number of anilines is 1. The Kier molecular flexibility index (Phi) is 7.56. The second kappa shape index (κ2) is 9.66. The monoisotopic (exact) mass is 375 g/mol. The summed E-state index contributed by atoms with van der Waals surface area (Å²) in [6, 6.07) is 14.1. The molecule has 0 atom stereocenters. The van der Waals surface area contributed by atoms with E-state index in [0.29, 0.717) is 13.2 Å². The molecule has 0 aliphatic carbocycles. The van der Waals surface area contributed by atoms with Crippen molar-refractivity contribution in [3.05, 3.63) is 70.6 Å². The number of thioether (sulfide) groups is 1. The van der Waals surface area contributed by atoms with E-state index in [4.69, 9.17) is 16.3 Å². The van der Waals surface area contributed by atoms with Crippen molar-refractivity contribution in [2.24, 2.45) is 0 Å². The molecule has 132 valence electrons. The Morgan fingerprint density at radius 1 is 1.24 bits per heavy atom. The number of alkyl halides is 1. The molecule has 2 rings (SSSR count). The minimum absolute atomic E-state index is 0.0713. The highest BCUT2D eigenvalue weighted by Crippen LogP contribution is 2.28. The molecule has 0 spiro atoms. The van der Waals surface area contributed by atoms with Crippen LogP contribution in [0.15, 0.2) is 58.8 Å². The molecule has 0 fully saturated rings. The number of hydrogen-bond acceptors (Lipinski definition) is 3. The second-order valence-electron chi connectivity index (χ2n) is 5.74. The molecule has 2 aromatic rings. The van der Waals surface area contributed by atoms with E-state index in [1.807, 2.05) is 37.3 Å². The lowest BCUT2D eigenvalue weighted by atomic mass is 10.1. The van der Waals surface area contributed by atoms with Gasteiger partial charge in [0.1, 0.15) is 5.88 Å². The Bertz CT molecular complexity index is 761. The average molecular weight is 376 g/mol. The zero-order valence-electron chi connectivity index (χ0n) is 14.5. The minimum atomic E-state index is -0.229. The summed E-state index contributed by atoms with van der Waals surface area (Å²) in [7, 11) is 0. The van der Waals surface area contributed by atoms with Gasteiger partial charge in [0.05, 0.1) is 13.2 Å². The zero-order chi connectivity index (χ0) is 18.2. The standard InChI is InChI=1S/C20H22ClNO2S/c1-14-8-9-17(18(10-14)22-20(23)11-21)13-24-12-16(3)25-19-7-5-4-6-15(19)2/h4-10H,3,11-13H2,1-2H3,(H,22,23). The molecule has 2 aromatic carbocycles. The van der Waals surface area contributed by atoms with Gasteiger partial charge in [-0.25, -0.2) is 0 Å². The Labute approximate surface area is 158 Å². The number of halogens is 1. The highest BCUT2D eigenvalue weighted by Gasteiger charge is 2.08. The summed E-state index contributed by atoms with van der Waals surface area (Å²) in [5.41, 5.74) is 3.94. The zero-order valence-corrected chi connectivity index (χ0v) is 16.0. The molecule has 0 saturated carbocycles. The molecule has 0 unspecified atom stereocenters. The lowest BCUT2D eigenvalue weighted by molar-refractivity contribution is -0.113. The number of benzene rings is 2. The average Bonchev–Trinajstić information content (AvgIpc) is 2.58. The van der Waals surface area contributed by atoms with Crippen LogP contribution in [0.3, 0.4) is 0 Å². The van der Waals surface area contributed by atoms with E-state index in [-0.39, 0.29) is 11.8 Å². The molecule has 0 saturated heterocycles. The van der Waals surface area contributed by atoms with E-state index >= 15 is 0 Å². The fraction of sp³-hybridized carbons (Fsp3) is 0.250. The number of aryl methyl sites for hydroxylation is 2. The van der Waals surface area contributed by atoms with Crippen molar-refractivity contribution in [1.29, 1.82) is 0 Å². The smallest absolute Gasteiger partial charge is 0.239 e. The van der Waals surface area contributed by atoms with E-state index in [0.717, 1.165) is 21.7 Å². The summed E-state index contributed by atoms with van der Waals surface area (Å²) in [6.07, 6.45) is 0. The first-order valence-electron chi connectivity index (χ1n) is 7.94. The van der Waals surface area contributed by atoms with Gasteiger partial charge in [-0.2, -0.15) is 0 Å². The summed E-state index contributed by atoms with van der Waals surface area (Å²) in [5, 5.41) is 2.81. The Balaban J connectivity index is 1.92. The van der Waals surface area contributed by atoms with Gasteiger partial charge in [-0.15, -0.1) is 11.6 Å². The Morgan fingerprint density at radius 3 is 2.72 bits per heavy atom. The van der Waals surface area contributed by atoms with Crippen LogP contribution in [0.4, 0.5) is 5.69 Å². The minimum Gasteiger partial charge on any atom is -0.371 e. The van der Waals surface area contributed by atoms with Gasteiger partial charge in [0.25, 0.3) is 0 Å². The third-order valence-electron chi connectivity index (χ3n) is 3.53. The molecule has 0 aromatic heterocycles. The van der Waals surface area contributed by atoms with Crippen molar-refractivity contribution in [2.45, 2.75) is 25.3 Å². The number of rotatable bonds is 8. The summed E-state index contributed by atoms with van der Waals surface area (Å²) >= 11 is 7.19. The topological polar surface area (TPSA) is 38.3 Å². The van der Waals surface area contributed by atoms with Crippen LogP contribution >= 0.6 is 23.4 Å². The van der Waals surface area contributed by atoms with Crippen LogP contribution in [-0.4, -0.2) is 18.4 Å². The number of ether oxygens (including phenoxy) is 1. The van der Waals surface area contributed by atoms with Crippen molar-refractivity contribution in [3.8, 4) is 0 Å². The Morgan fingerprint density at radius 2 is 2.00 bits per heavy atom. The molecule has 5 heteroatoms. The number of hydrogen-bond donors (Lipinski definition) is 1. The summed E-state index contributed by atoms with van der Waals surface area (Å²) in [6.45, 7) is 8.96. The third kappa shape index (κ3) is 6.24. The highest BCUT2D eigenvalue weighted by atomic mass is 35.5. The first kappa shape index (κ1) is 19.6. The fourth-order valence-corrected chi connectivity index (χ4v) is 3.14. The number of amides is 1. The van der Waals surface area contributed by atoms with E-state index in [9.17, 15) is 4.79 Å². The van der Waals surface area contributed by atoms with Gasteiger partial charge in [-0.1, -0.05) is 48.7 Å². The van der Waals surface area contributed by atoms with Crippen molar-refractivity contribution in [2.75, 3.05) is 17.8 Å². The molecule has 0 aliphatic heterocycles. The fourth-order valence-electron chi connectivity index (χ4n) is 2.25. The quantitative estimate of drug-likeness (QED) is 0.502. The normalized spacial score (nSPS) is 10.5. The summed E-state index contributed by atoms with van der Waals surface area (Å²) in [5.74, 6) is -0.300. The van der Waals surface area contributed by atoms with Crippen LogP contribution in [0.1, 0.15) is 16.7 Å². The molecule has 0 radical (unpaired) electrons. The van der Waals surface area contributed by atoms with E-state index in [1.54, 1.807) is 11.8 Å². The van der Waals surface area contributed by atoms with Crippen molar-refractivity contribution < 1.29 is 9.53 Å². The van der Waals surface area contributed by atoms with Crippen molar-refractivity contribution >= 4 is 35.0 Å².